The summed E-state index contributed by atoms with van der Waals surface area (Å²) in [5.41, 5.74) is 1.32. The van der Waals surface area contributed by atoms with Crippen molar-refractivity contribution in [2.75, 3.05) is 6.61 Å². The zero-order chi connectivity index (χ0) is 21.8. The molecule has 4 rings (SSSR count). The average molecular weight is 433 g/mol. The summed E-state index contributed by atoms with van der Waals surface area (Å²) in [6.07, 6.45) is 4.95. The molecule has 156 valence electrons. The van der Waals surface area contributed by atoms with E-state index in [2.05, 4.69) is 11.6 Å². The maximum atomic E-state index is 13.0. The summed E-state index contributed by atoms with van der Waals surface area (Å²) in [5, 5.41) is 12.9. The van der Waals surface area contributed by atoms with E-state index < -0.39 is 17.7 Å². The number of carbonyl (C=O) groups is 2. The Labute approximate surface area is 183 Å². The summed E-state index contributed by atoms with van der Waals surface area (Å²) in [5.74, 6) is -0.939. The molecule has 1 aliphatic heterocycles. The summed E-state index contributed by atoms with van der Waals surface area (Å²) < 4.78 is 5.47. The minimum absolute atomic E-state index is 0.0797. The molecule has 1 saturated heterocycles. The second kappa shape index (κ2) is 8.97. The zero-order valence-corrected chi connectivity index (χ0v) is 17.4. The van der Waals surface area contributed by atoms with Gasteiger partial charge in [0.25, 0.3) is 11.7 Å². The normalized spacial score (nSPS) is 17.7. The first-order valence-corrected chi connectivity index (χ1v) is 10.5. The van der Waals surface area contributed by atoms with Gasteiger partial charge in [-0.25, -0.2) is 0 Å². The SMILES string of the molecule is C=CCOc1ccc(/C(O)=C2\C(=O)C(=O)N(Cc3cccnc3)[C@H]2c2cccs2)cc1. The quantitative estimate of drug-likeness (QED) is 0.260. The van der Waals surface area contributed by atoms with E-state index in [1.165, 1.54) is 16.2 Å². The molecule has 31 heavy (non-hydrogen) atoms. The van der Waals surface area contributed by atoms with Gasteiger partial charge >= 0.3 is 0 Å². The van der Waals surface area contributed by atoms with Gasteiger partial charge in [-0.05, 0) is 47.3 Å². The van der Waals surface area contributed by atoms with Gasteiger partial charge in [0.1, 0.15) is 18.1 Å². The molecule has 1 aromatic carbocycles. The highest BCUT2D eigenvalue weighted by molar-refractivity contribution is 7.10. The van der Waals surface area contributed by atoms with Crippen molar-refractivity contribution in [1.29, 1.82) is 0 Å². The van der Waals surface area contributed by atoms with Gasteiger partial charge in [-0.15, -0.1) is 11.3 Å². The molecule has 1 atom stereocenters. The fraction of sp³-hybridized carbons (Fsp3) is 0.125. The molecule has 1 fully saturated rings. The first-order valence-electron chi connectivity index (χ1n) is 9.65. The van der Waals surface area contributed by atoms with Crippen molar-refractivity contribution < 1.29 is 19.4 Å². The van der Waals surface area contributed by atoms with Crippen LogP contribution in [0.25, 0.3) is 5.76 Å². The number of nitrogens with zero attached hydrogens (tertiary/aromatic N) is 2. The number of carbonyl (C=O) groups excluding carboxylic acids is 2. The number of thiophene rings is 1. The highest BCUT2D eigenvalue weighted by Crippen LogP contribution is 2.41. The van der Waals surface area contributed by atoms with E-state index in [9.17, 15) is 14.7 Å². The number of hydrogen-bond donors (Lipinski definition) is 1. The molecule has 2 aromatic heterocycles. The smallest absolute Gasteiger partial charge is 0.295 e. The van der Waals surface area contributed by atoms with E-state index in [1.807, 2.05) is 23.6 Å². The number of Topliss-reactive ketones (excluding diaryl/α,β-unsaturated/α-hetero) is 1. The summed E-state index contributed by atoms with van der Waals surface area (Å²) in [6.45, 7) is 4.19. The number of aromatic nitrogens is 1. The Bertz CT molecular complexity index is 1120. The van der Waals surface area contributed by atoms with Crippen molar-refractivity contribution in [2.24, 2.45) is 0 Å². The molecule has 0 spiro atoms. The van der Waals surface area contributed by atoms with Crippen molar-refractivity contribution in [2.45, 2.75) is 12.6 Å². The van der Waals surface area contributed by atoms with Crippen LogP contribution >= 0.6 is 11.3 Å². The lowest BCUT2D eigenvalue weighted by atomic mass is 9.99. The number of likely N-dealkylation sites (tertiary alicyclic amines) is 1. The lowest BCUT2D eigenvalue weighted by Gasteiger charge is -2.24. The van der Waals surface area contributed by atoms with Crippen LogP contribution in [0.15, 0.2) is 84.5 Å². The molecule has 3 aromatic rings. The third-order valence-corrected chi connectivity index (χ3v) is 5.85. The van der Waals surface area contributed by atoms with E-state index in [0.29, 0.717) is 17.9 Å². The number of hydrogen-bond acceptors (Lipinski definition) is 6. The third kappa shape index (κ3) is 4.13. The van der Waals surface area contributed by atoms with Crippen LogP contribution in [-0.2, 0) is 16.1 Å². The van der Waals surface area contributed by atoms with Crippen LogP contribution in [0.2, 0.25) is 0 Å². The molecule has 0 bridgehead atoms. The largest absolute Gasteiger partial charge is 0.507 e. The highest BCUT2D eigenvalue weighted by atomic mass is 32.1. The third-order valence-electron chi connectivity index (χ3n) is 4.92. The lowest BCUT2D eigenvalue weighted by Crippen LogP contribution is -2.28. The van der Waals surface area contributed by atoms with Gasteiger partial charge in [-0.3, -0.25) is 14.6 Å². The van der Waals surface area contributed by atoms with Crippen molar-refractivity contribution in [1.82, 2.24) is 9.88 Å². The lowest BCUT2D eigenvalue weighted by molar-refractivity contribution is -0.140. The summed E-state index contributed by atoms with van der Waals surface area (Å²) in [6, 6.07) is 13.4. The summed E-state index contributed by atoms with van der Waals surface area (Å²) >= 11 is 1.43. The van der Waals surface area contributed by atoms with Crippen LogP contribution in [0.5, 0.6) is 5.75 Å². The number of aliphatic hydroxyl groups is 1. The maximum absolute atomic E-state index is 13.0. The molecule has 6 nitrogen and oxygen atoms in total. The van der Waals surface area contributed by atoms with Gasteiger partial charge in [0.05, 0.1) is 11.6 Å². The van der Waals surface area contributed by atoms with Crippen LogP contribution in [-0.4, -0.2) is 33.3 Å². The van der Waals surface area contributed by atoms with Gasteiger partial charge in [0.15, 0.2) is 0 Å². The Kier molecular flexibility index (Phi) is 5.95. The van der Waals surface area contributed by atoms with Crippen LogP contribution in [0, 0.1) is 0 Å². The Morgan fingerprint density at radius 3 is 2.65 bits per heavy atom. The van der Waals surface area contributed by atoms with Gasteiger partial charge in [-0.1, -0.05) is 24.8 Å². The van der Waals surface area contributed by atoms with Gasteiger partial charge in [0, 0.05) is 29.4 Å². The monoisotopic (exact) mass is 432 g/mol. The standard InChI is InChI=1S/C24H20N2O4S/c1-2-12-30-18-9-7-17(8-10-18)22(27)20-21(19-6-4-13-31-19)26(24(29)23(20)28)15-16-5-3-11-25-14-16/h2-11,13-14,21,27H,1,12,15H2/b22-20+/t21-/m0/s1. The van der Waals surface area contributed by atoms with Gasteiger partial charge in [0.2, 0.25) is 0 Å². The minimum atomic E-state index is -0.702. The minimum Gasteiger partial charge on any atom is -0.507 e. The zero-order valence-electron chi connectivity index (χ0n) is 16.6. The van der Waals surface area contributed by atoms with Gasteiger partial charge in [-0.2, -0.15) is 0 Å². The molecule has 0 radical (unpaired) electrons. The average Bonchev–Trinajstić information content (AvgIpc) is 3.41. The summed E-state index contributed by atoms with van der Waals surface area (Å²) in [4.78, 5) is 32.3. The number of ketones is 1. The number of pyridine rings is 1. The highest BCUT2D eigenvalue weighted by Gasteiger charge is 2.46. The first-order chi connectivity index (χ1) is 15.1. The fourth-order valence-corrected chi connectivity index (χ4v) is 4.34. The predicted octanol–water partition coefficient (Wildman–Crippen LogP) is 4.33. The molecular weight excluding hydrogens is 412 g/mol. The van der Waals surface area contributed by atoms with Crippen LogP contribution in [0.3, 0.4) is 0 Å². The van der Waals surface area contributed by atoms with E-state index in [1.54, 1.807) is 48.8 Å². The molecule has 7 heteroatoms. The van der Waals surface area contributed by atoms with Crippen LogP contribution in [0.1, 0.15) is 22.0 Å². The van der Waals surface area contributed by atoms with Crippen molar-refractivity contribution in [3.05, 3.63) is 101 Å². The molecular formula is C24H20N2O4S. The van der Waals surface area contributed by atoms with E-state index in [4.69, 9.17) is 4.74 Å². The first kappa shape index (κ1) is 20.6. The second-order valence-corrected chi connectivity index (χ2v) is 7.91. The van der Waals surface area contributed by atoms with E-state index in [-0.39, 0.29) is 17.9 Å². The molecule has 0 saturated carbocycles. The number of aliphatic hydroxyl groups excluding tert-OH is 1. The Balaban J connectivity index is 1.75. The Morgan fingerprint density at radius 1 is 1.19 bits per heavy atom. The Hall–Kier alpha value is -3.71. The van der Waals surface area contributed by atoms with E-state index in [0.717, 1.165) is 10.4 Å². The molecule has 1 N–H and O–H groups in total. The van der Waals surface area contributed by atoms with Crippen LogP contribution < -0.4 is 4.74 Å². The Morgan fingerprint density at radius 2 is 2.00 bits per heavy atom. The topological polar surface area (TPSA) is 79.7 Å². The van der Waals surface area contributed by atoms with Crippen molar-refractivity contribution in [3.8, 4) is 5.75 Å². The van der Waals surface area contributed by atoms with Crippen molar-refractivity contribution >= 4 is 28.8 Å². The fourth-order valence-electron chi connectivity index (χ4n) is 3.49. The van der Waals surface area contributed by atoms with E-state index >= 15 is 0 Å². The summed E-state index contributed by atoms with van der Waals surface area (Å²) in [7, 11) is 0. The maximum Gasteiger partial charge on any atom is 0.295 e. The van der Waals surface area contributed by atoms with Gasteiger partial charge < -0.3 is 14.7 Å². The number of rotatable bonds is 7. The second-order valence-electron chi connectivity index (χ2n) is 6.93. The number of amides is 1. The molecule has 0 aliphatic carbocycles. The molecule has 1 aliphatic rings. The van der Waals surface area contributed by atoms with Crippen molar-refractivity contribution in [3.63, 3.8) is 0 Å². The molecule has 0 unspecified atom stereocenters. The predicted molar refractivity (Wildman–Crippen MR) is 119 cm³/mol. The molecule has 3 heterocycles. The number of ether oxygens (including phenoxy) is 1. The van der Waals surface area contributed by atoms with Crippen LogP contribution in [0.4, 0.5) is 0 Å². The number of benzene rings is 1. The molecule has 1 amide bonds.